The fourth-order valence-corrected chi connectivity index (χ4v) is 6.06. The molecule has 0 atom stereocenters. The van der Waals surface area contributed by atoms with Gasteiger partial charge in [-0.3, -0.25) is 0 Å². The molecule has 16 radical (unpaired) electrons. The lowest BCUT2D eigenvalue weighted by Gasteiger charge is -2.45. The van der Waals surface area contributed by atoms with E-state index in [1.54, 1.807) is 4.40 Å². The van der Waals surface area contributed by atoms with E-state index in [1.807, 2.05) is 0 Å². The van der Waals surface area contributed by atoms with E-state index in [1.165, 1.54) is 0 Å². The quantitative estimate of drug-likeness (QED) is 0.271. The molecule has 0 saturated heterocycles. The van der Waals surface area contributed by atoms with Gasteiger partial charge in [0, 0.05) is 5.39 Å². The maximum atomic E-state index is 6.94. The van der Waals surface area contributed by atoms with Crippen molar-refractivity contribution >= 4 is 134 Å². The minimum absolute atomic E-state index is 0.147. The van der Waals surface area contributed by atoms with E-state index < -0.39 is 0 Å². The number of fused-ring (bicyclic) bond motifs is 6. The molecule has 2 aromatic carbocycles. The van der Waals surface area contributed by atoms with Gasteiger partial charge in [-0.05, 0) is 38.4 Å². The summed E-state index contributed by atoms with van der Waals surface area (Å²) in [7, 11) is 51.9. The molecule has 2 aromatic heterocycles. The molecule has 1 aliphatic carbocycles. The molecule has 0 unspecified atom stereocenters. The lowest BCUT2D eigenvalue weighted by Crippen LogP contribution is -2.51. The van der Waals surface area contributed by atoms with Crippen LogP contribution in [0.1, 0.15) is 52.7 Å². The van der Waals surface area contributed by atoms with E-state index in [0.717, 1.165) is 11.1 Å². The molecule has 0 fully saturated rings. The van der Waals surface area contributed by atoms with Crippen LogP contribution in [-0.4, -0.2) is 72.2 Å². The van der Waals surface area contributed by atoms with E-state index in [0.29, 0.717) is 38.4 Å². The summed E-state index contributed by atoms with van der Waals surface area (Å²) in [6, 6.07) is 0. The Labute approximate surface area is 212 Å². The molecule has 0 bridgehead atoms. The maximum Gasteiger partial charge on any atom is 0.144 e. The van der Waals surface area contributed by atoms with Crippen molar-refractivity contribution < 1.29 is 0 Å². The standard InChI is InChI=1S/C24H18B8N2/c1-22(2)9-10(23(3,4)24(22,5)6)15(29)19-18(14(9)28)33-21-8-7(13(27)20(32)34(19)21)11(25)16(30)17(31)12(8)26/h1-6H3. The smallest absolute Gasteiger partial charge is 0.144 e. The van der Waals surface area contributed by atoms with Gasteiger partial charge in [0.1, 0.15) is 68.4 Å². The second-order valence-electron chi connectivity index (χ2n) is 11.1. The first-order valence-corrected chi connectivity index (χ1v) is 11.2. The number of rotatable bonds is 0. The zero-order chi connectivity index (χ0) is 25.4. The number of aromatic nitrogens is 2. The largest absolute Gasteiger partial charge is 0.308 e. The van der Waals surface area contributed by atoms with Crippen molar-refractivity contribution in [3.8, 4) is 0 Å². The summed E-state index contributed by atoms with van der Waals surface area (Å²) in [5.74, 6) is 0. The summed E-state index contributed by atoms with van der Waals surface area (Å²) in [6.07, 6.45) is 0. The van der Waals surface area contributed by atoms with Crippen LogP contribution in [-0.2, 0) is 10.8 Å². The van der Waals surface area contributed by atoms with E-state index in [2.05, 4.69) is 41.5 Å². The molecule has 148 valence electrons. The molecule has 2 nitrogen and oxygen atoms in total. The van der Waals surface area contributed by atoms with Crippen LogP contribution in [0.25, 0.3) is 27.5 Å². The monoisotopic (exact) mass is 422 g/mol. The lowest BCUT2D eigenvalue weighted by molar-refractivity contribution is 0.125. The van der Waals surface area contributed by atoms with Gasteiger partial charge in [-0.1, -0.05) is 68.9 Å². The van der Waals surface area contributed by atoms with Gasteiger partial charge < -0.3 is 4.40 Å². The normalized spacial score (nSPS) is 18.2. The molecule has 0 aliphatic heterocycles. The molecule has 0 spiro atoms. The van der Waals surface area contributed by atoms with Gasteiger partial charge in [0.25, 0.3) is 0 Å². The van der Waals surface area contributed by atoms with Crippen LogP contribution < -0.4 is 43.8 Å². The number of hydrogen-bond acceptors (Lipinski definition) is 1. The molecule has 34 heavy (non-hydrogen) atoms. The molecule has 1 aliphatic rings. The molecular formula is C24H18B8N2. The Morgan fingerprint density at radius 3 is 1.56 bits per heavy atom. The van der Waals surface area contributed by atoms with E-state index in [-0.39, 0.29) is 49.2 Å². The summed E-state index contributed by atoms with van der Waals surface area (Å²) in [5, 5.41) is 0.876. The van der Waals surface area contributed by atoms with Crippen LogP contribution >= 0.6 is 0 Å². The predicted molar refractivity (Wildman–Crippen MR) is 153 cm³/mol. The minimum atomic E-state index is -0.290. The van der Waals surface area contributed by atoms with Crippen molar-refractivity contribution in [3.63, 3.8) is 0 Å². The van der Waals surface area contributed by atoms with Crippen molar-refractivity contribution in [1.29, 1.82) is 0 Å². The Balaban J connectivity index is 2.13. The van der Waals surface area contributed by atoms with Crippen LogP contribution in [0.5, 0.6) is 0 Å². The van der Waals surface area contributed by atoms with Crippen LogP contribution in [0.2, 0.25) is 0 Å². The topological polar surface area (TPSA) is 17.3 Å². The highest BCUT2D eigenvalue weighted by Crippen LogP contribution is 2.60. The molecule has 0 amide bonds. The summed E-state index contributed by atoms with van der Waals surface area (Å²) in [4.78, 5) is 4.91. The fraction of sp³-hybridized carbons (Fsp3) is 0.375. The van der Waals surface area contributed by atoms with Crippen LogP contribution in [0, 0.1) is 5.41 Å². The predicted octanol–water partition coefficient (Wildman–Crippen LogP) is -3.41. The van der Waals surface area contributed by atoms with Crippen molar-refractivity contribution in [2.24, 2.45) is 5.41 Å². The Kier molecular flexibility index (Phi) is 4.69. The molecule has 4 aromatic rings. The van der Waals surface area contributed by atoms with Gasteiger partial charge in [0.2, 0.25) is 0 Å². The van der Waals surface area contributed by atoms with Crippen LogP contribution in [0.4, 0.5) is 0 Å². The second kappa shape index (κ2) is 6.68. The van der Waals surface area contributed by atoms with Gasteiger partial charge in [0.15, 0.2) is 0 Å². The number of pyridine rings is 1. The zero-order valence-electron chi connectivity index (χ0n) is 20.5. The zero-order valence-corrected chi connectivity index (χ0v) is 20.5. The van der Waals surface area contributed by atoms with Crippen LogP contribution in [0.3, 0.4) is 0 Å². The van der Waals surface area contributed by atoms with E-state index in [4.69, 9.17) is 67.8 Å². The Morgan fingerprint density at radius 1 is 0.559 bits per heavy atom. The number of hydrogen-bond donors (Lipinski definition) is 0. The van der Waals surface area contributed by atoms with Crippen molar-refractivity contribution in [1.82, 2.24) is 9.38 Å². The molecule has 2 heterocycles. The van der Waals surface area contributed by atoms with E-state index in [9.17, 15) is 0 Å². The first-order valence-electron chi connectivity index (χ1n) is 11.2. The molecule has 0 N–H and O–H groups in total. The van der Waals surface area contributed by atoms with E-state index >= 15 is 0 Å². The highest BCUT2D eigenvalue weighted by molar-refractivity contribution is 6.69. The van der Waals surface area contributed by atoms with Crippen molar-refractivity contribution in [2.45, 2.75) is 52.4 Å². The first-order chi connectivity index (χ1) is 15.5. The van der Waals surface area contributed by atoms with Gasteiger partial charge in [-0.25, -0.2) is 4.98 Å². The molecule has 0 saturated carbocycles. The third kappa shape index (κ3) is 2.37. The summed E-state index contributed by atoms with van der Waals surface area (Å²) < 4.78 is 1.71. The van der Waals surface area contributed by atoms with Gasteiger partial charge in [-0.15, -0.1) is 10.9 Å². The fourth-order valence-electron chi connectivity index (χ4n) is 6.06. The minimum Gasteiger partial charge on any atom is -0.308 e. The molecule has 5 rings (SSSR count). The summed E-state index contributed by atoms with van der Waals surface area (Å²) in [5.41, 5.74) is 5.14. The number of nitrogens with zero attached hydrogens (tertiary/aromatic N) is 2. The summed E-state index contributed by atoms with van der Waals surface area (Å²) in [6.45, 7) is 13.3. The van der Waals surface area contributed by atoms with Crippen molar-refractivity contribution in [2.75, 3.05) is 0 Å². The SMILES string of the molecule is [B]c1c([B])c([B])c2c(c1[B])c([B])c([B])n1c2nc2c([B])c3c(c([B])c21)C(C)(C)C(C)(C)C3(C)C. The third-order valence-electron chi connectivity index (χ3n) is 9.22. The first kappa shape index (κ1) is 23.9. The third-order valence-corrected chi connectivity index (χ3v) is 9.22. The highest BCUT2D eigenvalue weighted by Gasteiger charge is 2.58. The number of benzene rings is 2. The van der Waals surface area contributed by atoms with Gasteiger partial charge in [-0.2, -0.15) is 0 Å². The van der Waals surface area contributed by atoms with Crippen LogP contribution in [0.15, 0.2) is 0 Å². The average Bonchev–Trinajstić information content (AvgIpc) is 3.20. The Bertz CT molecular complexity index is 1610. The Morgan fingerprint density at radius 2 is 1.03 bits per heavy atom. The van der Waals surface area contributed by atoms with Crippen molar-refractivity contribution in [3.05, 3.63) is 11.1 Å². The highest BCUT2D eigenvalue weighted by atomic mass is 15.0. The lowest BCUT2D eigenvalue weighted by atomic mass is 9.58. The molecule has 10 heteroatoms. The molecular weight excluding hydrogens is 403 g/mol. The van der Waals surface area contributed by atoms with Gasteiger partial charge >= 0.3 is 0 Å². The second-order valence-corrected chi connectivity index (χ2v) is 11.1. The maximum absolute atomic E-state index is 6.94. The summed E-state index contributed by atoms with van der Waals surface area (Å²) >= 11 is 0. The Hall–Kier alpha value is -1.83. The van der Waals surface area contributed by atoms with Gasteiger partial charge in [0.05, 0.1) is 11.0 Å². The average molecular weight is 421 g/mol. The number of imidazole rings is 1.